The molecule has 1 heterocycles. The summed E-state index contributed by atoms with van der Waals surface area (Å²) in [5, 5.41) is 6.22. The zero-order chi connectivity index (χ0) is 13.1. The van der Waals surface area contributed by atoms with Crippen molar-refractivity contribution in [3.8, 4) is 0 Å². The molecular formula is C13H26N2O3. The second-order valence-corrected chi connectivity index (χ2v) is 4.61. The highest BCUT2D eigenvalue weighted by molar-refractivity contribution is 5.81. The fourth-order valence-corrected chi connectivity index (χ4v) is 1.98. The first-order valence-electron chi connectivity index (χ1n) is 6.92. The van der Waals surface area contributed by atoms with E-state index in [1.165, 1.54) is 6.42 Å². The van der Waals surface area contributed by atoms with E-state index in [1.54, 1.807) is 7.11 Å². The van der Waals surface area contributed by atoms with Gasteiger partial charge in [-0.2, -0.15) is 0 Å². The molecule has 0 aliphatic carbocycles. The molecule has 106 valence electrons. The zero-order valence-electron chi connectivity index (χ0n) is 11.4. The van der Waals surface area contributed by atoms with Crippen molar-refractivity contribution in [2.75, 3.05) is 40.0 Å². The minimum Gasteiger partial charge on any atom is -0.382 e. The third kappa shape index (κ3) is 6.93. The van der Waals surface area contributed by atoms with Gasteiger partial charge in [-0.1, -0.05) is 6.42 Å². The van der Waals surface area contributed by atoms with Crippen LogP contribution in [0.3, 0.4) is 0 Å². The Morgan fingerprint density at radius 2 is 2.17 bits per heavy atom. The Morgan fingerprint density at radius 3 is 2.89 bits per heavy atom. The van der Waals surface area contributed by atoms with Crippen molar-refractivity contribution in [3.63, 3.8) is 0 Å². The second-order valence-electron chi connectivity index (χ2n) is 4.61. The van der Waals surface area contributed by atoms with Gasteiger partial charge in [0, 0.05) is 20.3 Å². The Bertz CT molecular complexity index is 218. The molecule has 0 radical (unpaired) electrons. The number of carbonyl (C=O) groups is 1. The number of piperidine rings is 1. The van der Waals surface area contributed by atoms with Gasteiger partial charge >= 0.3 is 0 Å². The summed E-state index contributed by atoms with van der Waals surface area (Å²) in [6, 6.07) is 0.0247. The molecule has 2 N–H and O–H groups in total. The number of methoxy groups -OCH3 is 1. The molecule has 5 heteroatoms. The van der Waals surface area contributed by atoms with Crippen LogP contribution in [0.2, 0.25) is 0 Å². The number of unbranched alkanes of at least 4 members (excludes halogenated alkanes) is 1. The molecule has 5 nitrogen and oxygen atoms in total. The first-order valence-corrected chi connectivity index (χ1v) is 6.92. The summed E-state index contributed by atoms with van der Waals surface area (Å²) in [7, 11) is 1.66. The molecule has 1 aliphatic rings. The van der Waals surface area contributed by atoms with Gasteiger partial charge in [0.25, 0.3) is 0 Å². The highest BCUT2D eigenvalue weighted by atomic mass is 16.5. The maximum absolute atomic E-state index is 11.8. The maximum Gasteiger partial charge on any atom is 0.237 e. The Labute approximate surface area is 110 Å². The SMILES string of the molecule is COCCOCCCCNC(=O)[C@H]1CCCCN1. The summed E-state index contributed by atoms with van der Waals surface area (Å²) in [5.74, 6) is 0.148. The Balaban J connectivity index is 1.89. The van der Waals surface area contributed by atoms with Crippen molar-refractivity contribution in [2.45, 2.75) is 38.1 Å². The summed E-state index contributed by atoms with van der Waals surface area (Å²) in [6.45, 7) is 3.73. The minimum atomic E-state index is 0.0247. The standard InChI is InChI=1S/C13H26N2O3/c1-17-10-11-18-9-5-4-8-15-13(16)12-6-2-3-7-14-12/h12,14H,2-11H2,1H3,(H,15,16)/t12-/m1/s1. The third-order valence-corrected chi connectivity index (χ3v) is 3.07. The van der Waals surface area contributed by atoms with Gasteiger partial charge < -0.3 is 20.1 Å². The molecule has 0 aromatic heterocycles. The van der Waals surface area contributed by atoms with E-state index in [4.69, 9.17) is 9.47 Å². The normalized spacial score (nSPS) is 19.7. The van der Waals surface area contributed by atoms with E-state index in [-0.39, 0.29) is 11.9 Å². The van der Waals surface area contributed by atoms with Crippen LogP contribution in [-0.4, -0.2) is 52.0 Å². The Hall–Kier alpha value is -0.650. The molecule has 1 fully saturated rings. The van der Waals surface area contributed by atoms with E-state index >= 15 is 0 Å². The lowest BCUT2D eigenvalue weighted by molar-refractivity contribution is -0.123. The van der Waals surface area contributed by atoms with Crippen molar-refractivity contribution in [3.05, 3.63) is 0 Å². The molecule has 0 spiro atoms. The summed E-state index contributed by atoms with van der Waals surface area (Å²) >= 11 is 0. The smallest absolute Gasteiger partial charge is 0.237 e. The molecule has 0 bridgehead atoms. The van der Waals surface area contributed by atoms with Crippen LogP contribution in [0.4, 0.5) is 0 Å². The molecule has 1 atom stereocenters. The Morgan fingerprint density at radius 1 is 1.28 bits per heavy atom. The van der Waals surface area contributed by atoms with Crippen LogP contribution in [0.1, 0.15) is 32.1 Å². The summed E-state index contributed by atoms with van der Waals surface area (Å²) in [5.41, 5.74) is 0. The summed E-state index contributed by atoms with van der Waals surface area (Å²) < 4.78 is 10.2. The monoisotopic (exact) mass is 258 g/mol. The molecular weight excluding hydrogens is 232 g/mol. The van der Waals surface area contributed by atoms with Gasteiger partial charge in [0.1, 0.15) is 0 Å². The van der Waals surface area contributed by atoms with E-state index < -0.39 is 0 Å². The van der Waals surface area contributed by atoms with Crippen molar-refractivity contribution in [1.29, 1.82) is 0 Å². The molecule has 0 aromatic carbocycles. The fourth-order valence-electron chi connectivity index (χ4n) is 1.98. The molecule has 18 heavy (non-hydrogen) atoms. The predicted molar refractivity (Wildman–Crippen MR) is 70.6 cm³/mol. The van der Waals surface area contributed by atoms with Crippen LogP contribution in [0, 0.1) is 0 Å². The molecule has 0 saturated carbocycles. The predicted octanol–water partition coefficient (Wildman–Crippen LogP) is 0.688. The van der Waals surface area contributed by atoms with Crippen LogP contribution in [0.15, 0.2) is 0 Å². The minimum absolute atomic E-state index is 0.0247. The molecule has 0 aromatic rings. The van der Waals surface area contributed by atoms with Gasteiger partial charge in [0.15, 0.2) is 0 Å². The first kappa shape index (κ1) is 15.4. The van der Waals surface area contributed by atoms with E-state index in [9.17, 15) is 4.79 Å². The molecule has 0 unspecified atom stereocenters. The zero-order valence-corrected chi connectivity index (χ0v) is 11.4. The van der Waals surface area contributed by atoms with E-state index in [1.807, 2.05) is 0 Å². The molecule has 1 amide bonds. The number of rotatable bonds is 9. The maximum atomic E-state index is 11.8. The second kappa shape index (κ2) is 10.3. The summed E-state index contributed by atoms with van der Waals surface area (Å²) in [4.78, 5) is 11.8. The van der Waals surface area contributed by atoms with Crippen LogP contribution >= 0.6 is 0 Å². The highest BCUT2D eigenvalue weighted by Gasteiger charge is 2.19. The van der Waals surface area contributed by atoms with Crippen molar-refractivity contribution < 1.29 is 14.3 Å². The number of ether oxygens (including phenoxy) is 2. The van der Waals surface area contributed by atoms with Crippen LogP contribution in [0.5, 0.6) is 0 Å². The number of carbonyl (C=O) groups excluding carboxylic acids is 1. The van der Waals surface area contributed by atoms with Gasteiger partial charge in [0.2, 0.25) is 5.91 Å². The average Bonchev–Trinajstić information content (AvgIpc) is 2.42. The van der Waals surface area contributed by atoms with Gasteiger partial charge in [-0.25, -0.2) is 0 Å². The number of hydrogen-bond acceptors (Lipinski definition) is 4. The van der Waals surface area contributed by atoms with Crippen LogP contribution in [0.25, 0.3) is 0 Å². The molecule has 1 rings (SSSR count). The molecule has 1 aliphatic heterocycles. The Kier molecular flexibility index (Phi) is 8.81. The van der Waals surface area contributed by atoms with E-state index in [0.29, 0.717) is 13.2 Å². The van der Waals surface area contributed by atoms with Gasteiger partial charge in [-0.05, 0) is 32.2 Å². The fraction of sp³-hybridized carbons (Fsp3) is 0.923. The van der Waals surface area contributed by atoms with Crippen molar-refractivity contribution in [2.24, 2.45) is 0 Å². The largest absolute Gasteiger partial charge is 0.382 e. The lowest BCUT2D eigenvalue weighted by atomic mass is 10.0. The van der Waals surface area contributed by atoms with Crippen LogP contribution < -0.4 is 10.6 Å². The quantitative estimate of drug-likeness (QED) is 0.597. The van der Waals surface area contributed by atoms with Gasteiger partial charge in [0.05, 0.1) is 19.3 Å². The summed E-state index contributed by atoms with van der Waals surface area (Å²) in [6.07, 6.45) is 5.24. The highest BCUT2D eigenvalue weighted by Crippen LogP contribution is 2.06. The third-order valence-electron chi connectivity index (χ3n) is 3.07. The average molecular weight is 258 g/mol. The topological polar surface area (TPSA) is 59.6 Å². The lowest BCUT2D eigenvalue weighted by Gasteiger charge is -2.22. The molecule has 1 saturated heterocycles. The first-order chi connectivity index (χ1) is 8.84. The van der Waals surface area contributed by atoms with Gasteiger partial charge in [-0.3, -0.25) is 4.79 Å². The lowest BCUT2D eigenvalue weighted by Crippen LogP contribution is -2.46. The van der Waals surface area contributed by atoms with E-state index in [2.05, 4.69) is 10.6 Å². The van der Waals surface area contributed by atoms with Crippen molar-refractivity contribution in [1.82, 2.24) is 10.6 Å². The van der Waals surface area contributed by atoms with E-state index in [0.717, 1.165) is 45.4 Å². The number of amides is 1. The van der Waals surface area contributed by atoms with Crippen molar-refractivity contribution >= 4 is 5.91 Å². The number of nitrogens with one attached hydrogen (secondary N) is 2. The number of hydrogen-bond donors (Lipinski definition) is 2. The van der Waals surface area contributed by atoms with Crippen LogP contribution in [-0.2, 0) is 14.3 Å². The van der Waals surface area contributed by atoms with Gasteiger partial charge in [-0.15, -0.1) is 0 Å².